The highest BCUT2D eigenvalue weighted by Gasteiger charge is 2.55. The average molecular weight is 541 g/mol. The number of phosphoric acid groups is 3. The topological polar surface area (TPSA) is 270 Å². The van der Waals surface area contributed by atoms with E-state index in [0.717, 1.165) is 0 Å². The van der Waals surface area contributed by atoms with E-state index >= 15 is 0 Å². The van der Waals surface area contributed by atoms with Gasteiger partial charge in [0.05, 0.1) is 15.5 Å². The Bertz CT molecular complexity index is 1320. The number of aliphatic hydroxyl groups is 1. The maximum atomic E-state index is 13.8. The highest BCUT2D eigenvalue weighted by Crippen LogP contribution is 2.66. The van der Waals surface area contributed by atoms with E-state index in [1.54, 1.807) is 4.98 Å². The van der Waals surface area contributed by atoms with E-state index in [0.29, 0.717) is 10.8 Å². The Balaban J connectivity index is 2.45. The molecule has 1 aliphatic heterocycles. The quantitative estimate of drug-likeness (QED) is 0.138. The lowest BCUT2D eigenvalue weighted by Gasteiger charge is -2.27. The molecule has 1 fully saturated rings. The molecule has 0 saturated carbocycles. The summed E-state index contributed by atoms with van der Waals surface area (Å²) < 4.78 is 80.1. The van der Waals surface area contributed by atoms with Crippen LogP contribution in [0, 0.1) is 17.7 Å². The summed E-state index contributed by atoms with van der Waals surface area (Å²) in [7, 11) is -17.8. The van der Waals surface area contributed by atoms with Crippen molar-refractivity contribution in [1.29, 1.82) is 0 Å². The third kappa shape index (κ3) is 6.75. The van der Waals surface area contributed by atoms with Gasteiger partial charge in [0, 0.05) is 0 Å². The number of aliphatic hydroxyl groups excluding tert-OH is 1. The number of nitrogens with zero attached hydrogens (tertiary/aromatic N) is 1. The summed E-state index contributed by atoms with van der Waals surface area (Å²) in [5.41, 5.74) is 0.752. The smallest absolute Gasteiger partial charge is 0.387 e. The summed E-state index contributed by atoms with van der Waals surface area (Å²) in [6.45, 7) is -2.49. The van der Waals surface area contributed by atoms with Crippen LogP contribution in [0.2, 0.25) is 0 Å². The zero-order valence-electron chi connectivity index (χ0n) is 18.0. The monoisotopic (exact) mass is 541 g/mol. The molecule has 0 amide bonds. The maximum absolute atomic E-state index is 13.8. The van der Waals surface area contributed by atoms with Gasteiger partial charge in [0.1, 0.15) is 12.2 Å². The lowest BCUT2D eigenvalue weighted by molar-refractivity contribution is -0.0471. The summed E-state index contributed by atoms with van der Waals surface area (Å²) in [6, 6.07) is 0. The number of halogens is 1. The molecule has 21 heteroatoms. The van der Waals surface area contributed by atoms with E-state index in [4.69, 9.17) is 23.0 Å². The molecule has 0 aromatic carbocycles. The van der Waals surface area contributed by atoms with Crippen molar-refractivity contribution >= 4 is 23.5 Å². The Morgan fingerprint density at radius 2 is 1.91 bits per heavy atom. The van der Waals surface area contributed by atoms with Gasteiger partial charge in [0.2, 0.25) is 5.82 Å². The summed E-state index contributed by atoms with van der Waals surface area (Å²) in [5.74, 6) is 2.94. The second-order valence-electron chi connectivity index (χ2n) is 6.11. The Hall–Kier alpha value is -1.54. The Morgan fingerprint density at radius 1 is 1.30 bits per heavy atom. The molecule has 1 saturated heterocycles. The number of aromatic nitrogens is 2. The second-order valence-corrected chi connectivity index (χ2v) is 10.4. The SMILES string of the molecule is [2H]C([2H])(OP(=O)(O)OP(=O)(O)OP(=O)(O)O)[C@H]1O[C@@H](n2cc(F)c(=O)[nH]c2=O)C(N)(C#CC)[C@H]1O. The van der Waals surface area contributed by atoms with Crippen LogP contribution in [0.25, 0.3) is 0 Å². The first-order chi connectivity index (χ1) is 15.6. The van der Waals surface area contributed by atoms with Crippen LogP contribution in [0.15, 0.2) is 15.8 Å². The average Bonchev–Trinajstić information content (AvgIpc) is 2.86. The number of hydrogen-bond donors (Lipinski definition) is 7. The van der Waals surface area contributed by atoms with Crippen LogP contribution >= 0.6 is 23.5 Å². The fraction of sp³-hybridized carbons (Fsp3) is 0.500. The number of hydrogen-bond acceptors (Lipinski definition) is 11. The van der Waals surface area contributed by atoms with Gasteiger partial charge in [-0.15, -0.1) is 5.92 Å². The van der Waals surface area contributed by atoms with Gasteiger partial charge in [0.25, 0.3) is 5.56 Å². The number of nitrogens with one attached hydrogen (secondary N) is 1. The molecule has 8 N–H and O–H groups in total. The van der Waals surface area contributed by atoms with Crippen molar-refractivity contribution in [2.45, 2.75) is 30.9 Å². The molecule has 186 valence electrons. The lowest BCUT2D eigenvalue weighted by atomic mass is 9.91. The van der Waals surface area contributed by atoms with Crippen LogP contribution in [0.4, 0.5) is 4.39 Å². The molecule has 1 aromatic rings. The largest absolute Gasteiger partial charge is 0.490 e. The molecule has 0 bridgehead atoms. The first-order valence-electron chi connectivity index (χ1n) is 9.06. The molecule has 0 radical (unpaired) electrons. The highest BCUT2D eigenvalue weighted by atomic mass is 31.3. The molecule has 2 rings (SSSR count). The highest BCUT2D eigenvalue weighted by molar-refractivity contribution is 7.66. The minimum absolute atomic E-state index is 0.297. The minimum atomic E-state index is -6.07. The summed E-state index contributed by atoms with van der Waals surface area (Å²) in [4.78, 5) is 60.9. The van der Waals surface area contributed by atoms with Crippen molar-refractivity contribution in [3.05, 3.63) is 32.9 Å². The molecule has 1 aromatic heterocycles. The van der Waals surface area contributed by atoms with E-state index in [-0.39, 0.29) is 0 Å². The molecule has 6 atom stereocenters. The second kappa shape index (κ2) is 9.61. The number of rotatable bonds is 8. The molecule has 2 heterocycles. The fourth-order valence-electron chi connectivity index (χ4n) is 2.51. The van der Waals surface area contributed by atoms with Crippen LogP contribution < -0.4 is 17.0 Å². The van der Waals surface area contributed by atoms with Crippen LogP contribution in [0.5, 0.6) is 0 Å². The van der Waals surface area contributed by atoms with E-state index in [9.17, 15) is 42.6 Å². The van der Waals surface area contributed by atoms with E-state index < -0.39 is 71.1 Å². The van der Waals surface area contributed by atoms with Gasteiger partial charge in [-0.2, -0.15) is 13.0 Å². The molecule has 1 aliphatic rings. The number of phosphoric ester groups is 1. The molecule has 0 aliphatic carbocycles. The standard InChI is InChI=1S/C12H17FN3O14P3/c1-2-3-12(14)8(17)7(28-10(12)16-4-6(13)9(18)15-11(16)19)5-27-32(23,24)30-33(25,26)29-31(20,21)22/h4,7-8,10,17H,5,14H2,1H3,(H,23,24)(H,25,26)(H,15,18,19)(H2,20,21,22)/t7-,8+,10-,12?/m1/s1/i5D2. The number of ether oxygens (including phenoxy) is 1. The third-order valence-electron chi connectivity index (χ3n) is 3.68. The first kappa shape index (κ1) is 24.6. The van der Waals surface area contributed by atoms with Gasteiger partial charge in [-0.05, 0) is 6.92 Å². The van der Waals surface area contributed by atoms with Crippen molar-refractivity contribution in [2.24, 2.45) is 5.73 Å². The maximum Gasteiger partial charge on any atom is 0.490 e. The van der Waals surface area contributed by atoms with Crippen LogP contribution in [-0.2, 0) is 31.6 Å². The van der Waals surface area contributed by atoms with Crippen LogP contribution in [0.3, 0.4) is 0 Å². The predicted octanol–water partition coefficient (Wildman–Crippen LogP) is -2.00. The normalized spacial score (nSPS) is 30.4. The van der Waals surface area contributed by atoms with Gasteiger partial charge in [-0.1, -0.05) is 5.92 Å². The van der Waals surface area contributed by atoms with E-state index in [1.807, 2.05) is 0 Å². The molecular formula is C12H17FN3O14P3. The van der Waals surface area contributed by atoms with Gasteiger partial charge in [0.15, 0.2) is 11.8 Å². The zero-order valence-corrected chi connectivity index (χ0v) is 18.6. The van der Waals surface area contributed by atoms with Crippen LogP contribution in [0.1, 0.15) is 15.9 Å². The summed E-state index contributed by atoms with van der Waals surface area (Å²) in [5, 5.41) is 10.6. The van der Waals surface area contributed by atoms with Gasteiger partial charge >= 0.3 is 29.2 Å². The third-order valence-corrected chi connectivity index (χ3v) is 7.34. The zero-order chi connectivity index (χ0) is 27.2. The van der Waals surface area contributed by atoms with Crippen molar-refractivity contribution < 1.29 is 63.4 Å². The summed E-state index contributed by atoms with van der Waals surface area (Å²) in [6.07, 6.45) is -6.53. The number of aromatic amines is 1. The molecule has 17 nitrogen and oxygen atoms in total. The predicted molar refractivity (Wildman–Crippen MR) is 101 cm³/mol. The van der Waals surface area contributed by atoms with Crippen molar-refractivity contribution in [2.75, 3.05) is 6.56 Å². The van der Waals surface area contributed by atoms with Gasteiger partial charge in [-0.25, -0.2) is 18.5 Å². The van der Waals surface area contributed by atoms with Crippen molar-refractivity contribution in [3.63, 3.8) is 0 Å². The molecule has 3 unspecified atom stereocenters. The van der Waals surface area contributed by atoms with Crippen molar-refractivity contribution in [1.82, 2.24) is 9.55 Å². The lowest BCUT2D eigenvalue weighted by Crippen LogP contribution is -2.55. The number of nitrogens with two attached hydrogens (primary N) is 1. The Labute approximate surface area is 185 Å². The van der Waals surface area contributed by atoms with E-state index in [1.165, 1.54) is 6.92 Å². The molecule has 33 heavy (non-hydrogen) atoms. The first-order valence-corrected chi connectivity index (χ1v) is 12.6. The molecular weight excluding hydrogens is 522 g/mol. The minimum Gasteiger partial charge on any atom is -0.387 e. The Morgan fingerprint density at radius 3 is 2.45 bits per heavy atom. The van der Waals surface area contributed by atoms with Crippen LogP contribution in [-0.4, -0.2) is 58.5 Å². The molecule has 0 spiro atoms. The Kier molecular flexibility index (Phi) is 7.16. The summed E-state index contributed by atoms with van der Waals surface area (Å²) >= 11 is 0. The van der Waals surface area contributed by atoms with Crippen molar-refractivity contribution in [3.8, 4) is 11.8 Å². The fourth-order valence-corrected chi connectivity index (χ4v) is 5.39. The van der Waals surface area contributed by atoms with E-state index in [2.05, 4.69) is 25.0 Å². The number of H-pyrrole nitrogens is 1. The van der Waals surface area contributed by atoms with Gasteiger partial charge in [-0.3, -0.25) is 18.9 Å². The van der Waals surface area contributed by atoms with Gasteiger partial charge < -0.3 is 35.2 Å².